The van der Waals surface area contributed by atoms with Gasteiger partial charge in [-0.1, -0.05) is 42.5 Å². The van der Waals surface area contributed by atoms with Crippen molar-refractivity contribution in [2.24, 2.45) is 0 Å². The van der Waals surface area contributed by atoms with Gasteiger partial charge in [0.15, 0.2) is 0 Å². The minimum Gasteiger partial charge on any atom is -0.309 e. The number of hydrogen-bond acceptors (Lipinski definition) is 1. The fourth-order valence-corrected chi connectivity index (χ4v) is 1.12. The predicted octanol–water partition coefficient (Wildman–Crippen LogP) is 2.65. The Bertz CT molecular complexity index is 249. The Morgan fingerprint density at radius 3 is 2.46 bits per heavy atom. The average molecular weight is 175 g/mol. The molecule has 0 unspecified atom stereocenters. The summed E-state index contributed by atoms with van der Waals surface area (Å²) in [5, 5.41) is 0. The number of benzene rings is 1. The standard InChI is InChI=1S/C12H17N/c1-13(2)11-7-6-10-12-8-4-3-5-9-12/h3-6,8-10H,7,11H2,1-2H3/b10-6+. The molecule has 0 fully saturated rings. The number of hydrogen-bond donors (Lipinski definition) is 0. The smallest absolute Gasteiger partial charge is 0.000992 e. The third-order valence-electron chi connectivity index (χ3n) is 1.85. The van der Waals surface area contributed by atoms with E-state index in [2.05, 4.69) is 55.4 Å². The van der Waals surface area contributed by atoms with Crippen LogP contribution in [-0.2, 0) is 0 Å². The maximum atomic E-state index is 2.22. The highest BCUT2D eigenvalue weighted by Gasteiger charge is 1.85. The summed E-state index contributed by atoms with van der Waals surface area (Å²) in [6, 6.07) is 10.4. The largest absolute Gasteiger partial charge is 0.309 e. The molecule has 0 aliphatic carbocycles. The molecule has 1 rings (SSSR count). The van der Waals surface area contributed by atoms with Gasteiger partial charge in [0.2, 0.25) is 0 Å². The molecule has 1 nitrogen and oxygen atoms in total. The molecule has 70 valence electrons. The first-order valence-electron chi connectivity index (χ1n) is 4.65. The molecule has 0 aliphatic heterocycles. The van der Waals surface area contributed by atoms with Crippen molar-refractivity contribution in [3.05, 3.63) is 42.0 Å². The lowest BCUT2D eigenvalue weighted by Crippen LogP contribution is -2.11. The first kappa shape index (κ1) is 10.0. The van der Waals surface area contributed by atoms with Gasteiger partial charge < -0.3 is 4.90 Å². The number of rotatable bonds is 4. The minimum absolute atomic E-state index is 1.11. The molecule has 1 heteroatoms. The number of nitrogens with zero attached hydrogens (tertiary/aromatic N) is 1. The molecule has 0 radical (unpaired) electrons. The van der Waals surface area contributed by atoms with E-state index in [-0.39, 0.29) is 0 Å². The van der Waals surface area contributed by atoms with Crippen molar-refractivity contribution in [1.29, 1.82) is 0 Å². The lowest BCUT2D eigenvalue weighted by molar-refractivity contribution is 0.417. The van der Waals surface area contributed by atoms with E-state index in [1.54, 1.807) is 0 Å². The maximum absolute atomic E-state index is 2.22. The van der Waals surface area contributed by atoms with E-state index in [4.69, 9.17) is 0 Å². The van der Waals surface area contributed by atoms with Gasteiger partial charge >= 0.3 is 0 Å². The second-order valence-electron chi connectivity index (χ2n) is 3.41. The molecule has 0 heterocycles. The van der Waals surface area contributed by atoms with Crippen LogP contribution in [0.1, 0.15) is 12.0 Å². The first-order valence-corrected chi connectivity index (χ1v) is 4.65. The fraction of sp³-hybridized carbons (Fsp3) is 0.333. The Morgan fingerprint density at radius 2 is 1.85 bits per heavy atom. The molecule has 0 saturated carbocycles. The second kappa shape index (κ2) is 5.55. The normalized spacial score (nSPS) is 11.3. The molecule has 0 atom stereocenters. The third kappa shape index (κ3) is 4.48. The van der Waals surface area contributed by atoms with Gasteiger partial charge in [-0.05, 0) is 26.1 Å². The van der Waals surface area contributed by atoms with Crippen LogP contribution < -0.4 is 0 Å². The average Bonchev–Trinajstić information content (AvgIpc) is 2.14. The van der Waals surface area contributed by atoms with Crippen molar-refractivity contribution >= 4 is 6.08 Å². The Hall–Kier alpha value is -1.08. The van der Waals surface area contributed by atoms with Gasteiger partial charge in [0.25, 0.3) is 0 Å². The van der Waals surface area contributed by atoms with Crippen molar-refractivity contribution in [3.63, 3.8) is 0 Å². The second-order valence-corrected chi connectivity index (χ2v) is 3.41. The van der Waals surface area contributed by atoms with Crippen LogP contribution in [0, 0.1) is 0 Å². The van der Waals surface area contributed by atoms with E-state index in [0.29, 0.717) is 0 Å². The summed E-state index contributed by atoms with van der Waals surface area (Å²) in [6.07, 6.45) is 5.50. The zero-order valence-electron chi connectivity index (χ0n) is 8.40. The highest BCUT2D eigenvalue weighted by molar-refractivity contribution is 5.48. The van der Waals surface area contributed by atoms with Crippen LogP contribution in [0.3, 0.4) is 0 Å². The van der Waals surface area contributed by atoms with Gasteiger partial charge in [-0.25, -0.2) is 0 Å². The molecule has 0 aromatic heterocycles. The summed E-state index contributed by atoms with van der Waals surface area (Å²) < 4.78 is 0. The summed E-state index contributed by atoms with van der Waals surface area (Å²) in [7, 11) is 4.19. The van der Waals surface area contributed by atoms with Gasteiger partial charge in [-0.3, -0.25) is 0 Å². The van der Waals surface area contributed by atoms with Crippen LogP contribution >= 0.6 is 0 Å². The maximum Gasteiger partial charge on any atom is 0.000992 e. The lowest BCUT2D eigenvalue weighted by atomic mass is 10.2. The van der Waals surface area contributed by atoms with E-state index in [1.165, 1.54) is 5.56 Å². The van der Waals surface area contributed by atoms with E-state index in [1.807, 2.05) is 6.07 Å². The molecule has 0 saturated heterocycles. The monoisotopic (exact) mass is 175 g/mol. The molecule has 1 aromatic rings. The van der Waals surface area contributed by atoms with Crippen molar-refractivity contribution in [3.8, 4) is 0 Å². The SMILES string of the molecule is CN(C)CC/C=C/c1ccccc1. The summed E-state index contributed by atoms with van der Waals surface area (Å²) in [6.45, 7) is 1.11. The molecule has 1 aromatic carbocycles. The van der Waals surface area contributed by atoms with E-state index in [0.717, 1.165) is 13.0 Å². The van der Waals surface area contributed by atoms with Gasteiger partial charge in [-0.15, -0.1) is 0 Å². The lowest BCUT2D eigenvalue weighted by Gasteiger charge is -2.05. The molecule has 0 spiro atoms. The van der Waals surface area contributed by atoms with E-state index in [9.17, 15) is 0 Å². The summed E-state index contributed by atoms with van der Waals surface area (Å²) in [4.78, 5) is 2.19. The Labute approximate surface area is 80.7 Å². The summed E-state index contributed by atoms with van der Waals surface area (Å²) in [5.74, 6) is 0. The minimum atomic E-state index is 1.11. The summed E-state index contributed by atoms with van der Waals surface area (Å²) >= 11 is 0. The Balaban J connectivity index is 2.33. The van der Waals surface area contributed by atoms with Gasteiger partial charge in [0.1, 0.15) is 0 Å². The Kier molecular flexibility index (Phi) is 4.27. The van der Waals surface area contributed by atoms with Crippen LogP contribution in [0.4, 0.5) is 0 Å². The van der Waals surface area contributed by atoms with Crippen LogP contribution in [-0.4, -0.2) is 25.5 Å². The topological polar surface area (TPSA) is 3.24 Å². The van der Waals surface area contributed by atoms with Gasteiger partial charge in [-0.2, -0.15) is 0 Å². The molecular weight excluding hydrogens is 158 g/mol. The third-order valence-corrected chi connectivity index (χ3v) is 1.85. The van der Waals surface area contributed by atoms with E-state index < -0.39 is 0 Å². The zero-order valence-corrected chi connectivity index (χ0v) is 8.40. The van der Waals surface area contributed by atoms with E-state index >= 15 is 0 Å². The fourth-order valence-electron chi connectivity index (χ4n) is 1.12. The van der Waals surface area contributed by atoms with Crippen molar-refractivity contribution in [2.45, 2.75) is 6.42 Å². The Morgan fingerprint density at radius 1 is 1.15 bits per heavy atom. The predicted molar refractivity (Wildman–Crippen MR) is 58.6 cm³/mol. The molecule has 0 aliphatic rings. The van der Waals surface area contributed by atoms with Gasteiger partial charge in [0, 0.05) is 6.54 Å². The van der Waals surface area contributed by atoms with Crippen LogP contribution in [0.5, 0.6) is 0 Å². The van der Waals surface area contributed by atoms with Crippen molar-refractivity contribution < 1.29 is 0 Å². The van der Waals surface area contributed by atoms with Crippen LogP contribution in [0.15, 0.2) is 36.4 Å². The first-order chi connectivity index (χ1) is 6.29. The highest BCUT2D eigenvalue weighted by Crippen LogP contribution is 2.01. The van der Waals surface area contributed by atoms with Crippen LogP contribution in [0.25, 0.3) is 6.08 Å². The highest BCUT2D eigenvalue weighted by atomic mass is 15.0. The molecule has 0 N–H and O–H groups in total. The van der Waals surface area contributed by atoms with Crippen molar-refractivity contribution in [1.82, 2.24) is 4.90 Å². The molecule has 0 bridgehead atoms. The molecular formula is C12H17N. The van der Waals surface area contributed by atoms with Crippen molar-refractivity contribution in [2.75, 3.05) is 20.6 Å². The van der Waals surface area contributed by atoms with Crippen LogP contribution in [0.2, 0.25) is 0 Å². The summed E-state index contributed by atoms with van der Waals surface area (Å²) in [5.41, 5.74) is 1.28. The molecule has 13 heavy (non-hydrogen) atoms. The zero-order chi connectivity index (χ0) is 9.52. The molecule has 0 amide bonds. The van der Waals surface area contributed by atoms with Gasteiger partial charge in [0.05, 0.1) is 0 Å². The quantitative estimate of drug-likeness (QED) is 0.680.